The number of aliphatic hydroxyl groups excluding tert-OH is 1. The molecule has 0 saturated heterocycles. The molecular weight excluding hydrogens is 314 g/mol. The van der Waals surface area contributed by atoms with E-state index >= 15 is 0 Å². The second-order valence-corrected chi connectivity index (χ2v) is 5.62. The van der Waals surface area contributed by atoms with Crippen molar-refractivity contribution in [1.82, 2.24) is 19.7 Å². The molecule has 0 atom stereocenters. The van der Waals surface area contributed by atoms with E-state index in [4.69, 9.17) is 10.1 Å². The first-order valence-electron chi connectivity index (χ1n) is 8.06. The quantitative estimate of drug-likeness (QED) is 0.587. The molecule has 2 N–H and O–H groups in total. The van der Waals surface area contributed by atoms with E-state index in [2.05, 4.69) is 15.4 Å². The molecule has 6 nitrogen and oxygen atoms in total. The Hall–Kier alpha value is -3.25. The van der Waals surface area contributed by atoms with Gasteiger partial charge in [0.2, 0.25) is 0 Å². The smallest absolute Gasteiger partial charge is 0.162 e. The third-order valence-electron chi connectivity index (χ3n) is 3.86. The monoisotopic (exact) mass is 331 g/mol. The number of para-hydroxylation sites is 1. The van der Waals surface area contributed by atoms with Crippen LogP contribution in [0.5, 0.6) is 0 Å². The van der Waals surface area contributed by atoms with Gasteiger partial charge in [-0.25, -0.2) is 9.97 Å². The molecule has 0 bridgehead atoms. The summed E-state index contributed by atoms with van der Waals surface area (Å²) >= 11 is 0. The van der Waals surface area contributed by atoms with Gasteiger partial charge in [0.05, 0.1) is 30.6 Å². The van der Waals surface area contributed by atoms with E-state index < -0.39 is 0 Å². The van der Waals surface area contributed by atoms with E-state index in [9.17, 15) is 0 Å². The highest BCUT2D eigenvalue weighted by atomic mass is 16.3. The molecule has 2 heterocycles. The Bertz CT molecular complexity index is 997. The predicted molar refractivity (Wildman–Crippen MR) is 97.6 cm³/mol. The van der Waals surface area contributed by atoms with E-state index in [0.29, 0.717) is 12.4 Å². The van der Waals surface area contributed by atoms with Crippen LogP contribution in [0.1, 0.15) is 0 Å². The average molecular weight is 331 g/mol. The van der Waals surface area contributed by atoms with Crippen molar-refractivity contribution >= 4 is 22.4 Å². The lowest BCUT2D eigenvalue weighted by molar-refractivity contribution is 0.269. The van der Waals surface area contributed by atoms with E-state index in [0.717, 1.165) is 28.0 Å². The van der Waals surface area contributed by atoms with E-state index in [1.807, 2.05) is 60.8 Å². The van der Waals surface area contributed by atoms with Crippen molar-refractivity contribution in [1.29, 1.82) is 0 Å². The molecule has 124 valence electrons. The van der Waals surface area contributed by atoms with Crippen molar-refractivity contribution in [2.45, 2.75) is 6.54 Å². The highest BCUT2D eigenvalue weighted by molar-refractivity contribution is 5.92. The molecule has 0 radical (unpaired) electrons. The Morgan fingerprint density at radius 2 is 1.76 bits per heavy atom. The summed E-state index contributed by atoms with van der Waals surface area (Å²) in [5, 5.41) is 17.5. The zero-order chi connectivity index (χ0) is 17.1. The molecule has 0 spiro atoms. The minimum absolute atomic E-state index is 0.0513. The van der Waals surface area contributed by atoms with Gasteiger partial charge in [-0.05, 0) is 12.1 Å². The number of hydrogen-bond donors (Lipinski definition) is 2. The number of hydrogen-bond acceptors (Lipinski definition) is 5. The van der Waals surface area contributed by atoms with Gasteiger partial charge < -0.3 is 10.4 Å². The standard InChI is InChI=1S/C19H17N5O/c25-11-10-24-13-15(12-20-24)21-19-16-8-4-5-9-17(16)22-18(23-19)14-6-2-1-3-7-14/h1-9,12-13,25H,10-11H2,(H,21,22,23). The van der Waals surface area contributed by atoms with Crippen LogP contribution >= 0.6 is 0 Å². The fourth-order valence-electron chi connectivity index (χ4n) is 2.68. The zero-order valence-corrected chi connectivity index (χ0v) is 13.5. The van der Waals surface area contributed by atoms with Crippen LogP contribution in [0.15, 0.2) is 67.0 Å². The van der Waals surface area contributed by atoms with Gasteiger partial charge in [-0.1, -0.05) is 42.5 Å². The van der Waals surface area contributed by atoms with Crippen molar-refractivity contribution in [3.05, 3.63) is 67.0 Å². The number of rotatable bonds is 5. The molecule has 0 saturated carbocycles. The van der Waals surface area contributed by atoms with Gasteiger partial charge in [-0.15, -0.1) is 0 Å². The Labute approximate surface area is 144 Å². The molecule has 0 aliphatic heterocycles. The molecule has 0 amide bonds. The lowest BCUT2D eigenvalue weighted by atomic mass is 10.2. The first kappa shape index (κ1) is 15.3. The summed E-state index contributed by atoms with van der Waals surface area (Å²) in [4.78, 5) is 9.39. The van der Waals surface area contributed by atoms with Crippen LogP contribution < -0.4 is 5.32 Å². The third kappa shape index (κ3) is 3.20. The lowest BCUT2D eigenvalue weighted by Crippen LogP contribution is -2.02. The fraction of sp³-hybridized carbons (Fsp3) is 0.105. The van der Waals surface area contributed by atoms with E-state index in [-0.39, 0.29) is 6.61 Å². The Balaban J connectivity index is 1.78. The maximum Gasteiger partial charge on any atom is 0.162 e. The number of nitrogens with one attached hydrogen (secondary N) is 1. The highest BCUT2D eigenvalue weighted by Gasteiger charge is 2.10. The average Bonchev–Trinajstić information content (AvgIpc) is 3.10. The van der Waals surface area contributed by atoms with Crippen LogP contribution in [0.3, 0.4) is 0 Å². The third-order valence-corrected chi connectivity index (χ3v) is 3.86. The van der Waals surface area contributed by atoms with Gasteiger partial charge in [-0.3, -0.25) is 4.68 Å². The van der Waals surface area contributed by atoms with Crippen LogP contribution in [0.25, 0.3) is 22.3 Å². The van der Waals surface area contributed by atoms with Crippen molar-refractivity contribution < 1.29 is 5.11 Å². The van der Waals surface area contributed by atoms with Crippen LogP contribution in [0.4, 0.5) is 11.5 Å². The van der Waals surface area contributed by atoms with Crippen molar-refractivity contribution in [2.75, 3.05) is 11.9 Å². The van der Waals surface area contributed by atoms with Crippen molar-refractivity contribution in [3.63, 3.8) is 0 Å². The van der Waals surface area contributed by atoms with Crippen LogP contribution in [0.2, 0.25) is 0 Å². The molecule has 0 fully saturated rings. The topological polar surface area (TPSA) is 75.9 Å². The fourth-order valence-corrected chi connectivity index (χ4v) is 2.68. The minimum Gasteiger partial charge on any atom is -0.394 e. The Kier molecular flexibility index (Phi) is 4.10. The number of nitrogens with zero attached hydrogens (tertiary/aromatic N) is 4. The maximum absolute atomic E-state index is 9.02. The molecule has 0 aliphatic rings. The summed E-state index contributed by atoms with van der Waals surface area (Å²) in [6, 6.07) is 17.8. The van der Waals surface area contributed by atoms with Crippen LogP contribution in [-0.2, 0) is 6.54 Å². The summed E-state index contributed by atoms with van der Waals surface area (Å²) in [7, 11) is 0. The molecule has 6 heteroatoms. The minimum atomic E-state index is 0.0513. The number of anilines is 2. The van der Waals surface area contributed by atoms with Gasteiger partial charge in [0.1, 0.15) is 5.82 Å². The summed E-state index contributed by atoms with van der Waals surface area (Å²) < 4.78 is 1.68. The predicted octanol–water partition coefficient (Wildman–Crippen LogP) is 3.23. The molecule has 0 aliphatic carbocycles. The second kappa shape index (κ2) is 6.70. The van der Waals surface area contributed by atoms with Gasteiger partial charge in [0.15, 0.2) is 5.82 Å². The molecule has 4 rings (SSSR count). The number of benzene rings is 2. The molecule has 2 aromatic carbocycles. The summed E-state index contributed by atoms with van der Waals surface area (Å²) in [6.45, 7) is 0.511. The molecular formula is C19H17N5O. The molecule has 2 aromatic heterocycles. The van der Waals surface area contributed by atoms with Gasteiger partial charge >= 0.3 is 0 Å². The normalized spacial score (nSPS) is 10.9. The summed E-state index contributed by atoms with van der Waals surface area (Å²) in [6.07, 6.45) is 3.56. The Morgan fingerprint density at radius 1 is 0.960 bits per heavy atom. The first-order valence-corrected chi connectivity index (χ1v) is 8.06. The maximum atomic E-state index is 9.02. The zero-order valence-electron chi connectivity index (χ0n) is 13.5. The second-order valence-electron chi connectivity index (χ2n) is 5.62. The van der Waals surface area contributed by atoms with Gasteiger partial charge in [-0.2, -0.15) is 5.10 Å². The largest absolute Gasteiger partial charge is 0.394 e. The first-order chi connectivity index (χ1) is 12.3. The lowest BCUT2D eigenvalue weighted by Gasteiger charge is -2.09. The highest BCUT2D eigenvalue weighted by Crippen LogP contribution is 2.27. The molecule has 25 heavy (non-hydrogen) atoms. The van der Waals surface area contributed by atoms with E-state index in [1.54, 1.807) is 10.9 Å². The van der Waals surface area contributed by atoms with E-state index in [1.165, 1.54) is 0 Å². The number of aromatic nitrogens is 4. The van der Waals surface area contributed by atoms with Crippen molar-refractivity contribution in [2.24, 2.45) is 0 Å². The Morgan fingerprint density at radius 3 is 2.60 bits per heavy atom. The molecule has 4 aromatic rings. The van der Waals surface area contributed by atoms with Crippen molar-refractivity contribution in [3.8, 4) is 11.4 Å². The van der Waals surface area contributed by atoms with Crippen LogP contribution in [0, 0.1) is 0 Å². The number of fused-ring (bicyclic) bond motifs is 1. The van der Waals surface area contributed by atoms with Gasteiger partial charge in [0, 0.05) is 17.1 Å². The molecule has 0 unspecified atom stereocenters. The van der Waals surface area contributed by atoms with Gasteiger partial charge in [0.25, 0.3) is 0 Å². The summed E-state index contributed by atoms with van der Waals surface area (Å²) in [5.74, 6) is 1.40. The SMILES string of the molecule is OCCn1cc(Nc2nc(-c3ccccc3)nc3ccccc23)cn1. The summed E-state index contributed by atoms with van der Waals surface area (Å²) in [5.41, 5.74) is 2.66. The van der Waals surface area contributed by atoms with Crippen LogP contribution in [-0.4, -0.2) is 31.5 Å². The number of aliphatic hydroxyl groups is 1.